The third-order valence-corrected chi connectivity index (χ3v) is 4.41. The van der Waals surface area contributed by atoms with Crippen LogP contribution in [0.25, 0.3) is 0 Å². The first kappa shape index (κ1) is 14.9. The van der Waals surface area contributed by atoms with Crippen LogP contribution in [-0.2, 0) is 4.79 Å². The first-order valence-corrected chi connectivity index (χ1v) is 7.88. The molecule has 1 N–H and O–H groups in total. The van der Waals surface area contributed by atoms with E-state index in [0.717, 1.165) is 31.4 Å². The van der Waals surface area contributed by atoms with Crippen molar-refractivity contribution in [1.82, 2.24) is 4.90 Å². The minimum atomic E-state index is -0.967. The second-order valence-corrected chi connectivity index (χ2v) is 6.15. The van der Waals surface area contributed by atoms with Crippen molar-refractivity contribution in [2.24, 2.45) is 0 Å². The molecule has 22 heavy (non-hydrogen) atoms. The molecular formula is C17H21NO4. The lowest BCUT2D eigenvalue weighted by Crippen LogP contribution is -2.44. The van der Waals surface area contributed by atoms with E-state index >= 15 is 0 Å². The molecule has 1 unspecified atom stereocenters. The van der Waals surface area contributed by atoms with Crippen molar-refractivity contribution in [3.8, 4) is 5.75 Å². The molecule has 3 rings (SSSR count). The number of nitrogens with zero attached hydrogens (tertiary/aromatic N) is 1. The first-order chi connectivity index (χ1) is 10.6. The van der Waals surface area contributed by atoms with Gasteiger partial charge in [-0.2, -0.15) is 0 Å². The van der Waals surface area contributed by atoms with Gasteiger partial charge in [0.15, 0.2) is 0 Å². The van der Waals surface area contributed by atoms with E-state index in [-0.39, 0.29) is 11.9 Å². The SMILES string of the molecule is CC(C(=O)O)N(C(=O)c1ccc(OC2CCC2)cc1)C1CC1. The molecule has 5 heteroatoms. The van der Waals surface area contributed by atoms with Gasteiger partial charge >= 0.3 is 5.97 Å². The lowest BCUT2D eigenvalue weighted by Gasteiger charge is -2.27. The number of hydrogen-bond donors (Lipinski definition) is 1. The lowest BCUT2D eigenvalue weighted by atomic mass is 9.96. The fraction of sp³-hybridized carbons (Fsp3) is 0.529. The Morgan fingerprint density at radius 1 is 1.18 bits per heavy atom. The topological polar surface area (TPSA) is 66.8 Å². The van der Waals surface area contributed by atoms with Gasteiger partial charge in [0.05, 0.1) is 6.10 Å². The van der Waals surface area contributed by atoms with Crippen LogP contribution in [0.1, 0.15) is 49.4 Å². The van der Waals surface area contributed by atoms with Gasteiger partial charge in [-0.15, -0.1) is 0 Å². The molecule has 0 saturated heterocycles. The summed E-state index contributed by atoms with van der Waals surface area (Å²) < 4.78 is 5.77. The average molecular weight is 303 g/mol. The number of carbonyl (C=O) groups is 2. The molecule has 1 aromatic carbocycles. The molecule has 5 nitrogen and oxygen atoms in total. The Morgan fingerprint density at radius 3 is 2.27 bits per heavy atom. The van der Waals surface area contributed by atoms with Crippen molar-refractivity contribution in [3.05, 3.63) is 29.8 Å². The minimum absolute atomic E-state index is 0.0597. The smallest absolute Gasteiger partial charge is 0.326 e. The second-order valence-electron chi connectivity index (χ2n) is 6.15. The molecule has 2 fully saturated rings. The van der Waals surface area contributed by atoms with E-state index in [4.69, 9.17) is 4.74 Å². The highest BCUT2D eigenvalue weighted by molar-refractivity contribution is 5.97. The molecule has 1 atom stereocenters. The van der Waals surface area contributed by atoms with Gasteiger partial charge in [-0.1, -0.05) is 0 Å². The molecule has 118 valence electrons. The van der Waals surface area contributed by atoms with Gasteiger partial charge in [0.25, 0.3) is 5.91 Å². The van der Waals surface area contributed by atoms with Gasteiger partial charge in [0, 0.05) is 11.6 Å². The average Bonchev–Trinajstić information content (AvgIpc) is 3.28. The molecule has 0 heterocycles. The van der Waals surface area contributed by atoms with Crippen LogP contribution >= 0.6 is 0 Å². The Bertz CT molecular complexity index is 561. The molecule has 0 aliphatic heterocycles. The van der Waals surface area contributed by atoms with Crippen molar-refractivity contribution in [2.75, 3.05) is 0 Å². The maximum Gasteiger partial charge on any atom is 0.326 e. The Hall–Kier alpha value is -2.04. The molecule has 1 aromatic rings. The zero-order valence-corrected chi connectivity index (χ0v) is 12.7. The van der Waals surface area contributed by atoms with E-state index in [1.165, 1.54) is 11.3 Å². The van der Waals surface area contributed by atoms with Crippen molar-refractivity contribution in [2.45, 2.75) is 57.2 Å². The Kier molecular flexibility index (Phi) is 4.05. The van der Waals surface area contributed by atoms with Gasteiger partial charge in [-0.25, -0.2) is 4.79 Å². The summed E-state index contributed by atoms with van der Waals surface area (Å²) in [6.45, 7) is 1.56. The quantitative estimate of drug-likeness (QED) is 0.877. The molecule has 0 radical (unpaired) electrons. The summed E-state index contributed by atoms with van der Waals surface area (Å²) in [4.78, 5) is 25.3. The highest BCUT2D eigenvalue weighted by atomic mass is 16.5. The number of carboxylic acids is 1. The van der Waals surface area contributed by atoms with E-state index in [1.54, 1.807) is 31.2 Å². The van der Waals surface area contributed by atoms with Crippen molar-refractivity contribution in [3.63, 3.8) is 0 Å². The molecule has 2 aliphatic rings. The van der Waals surface area contributed by atoms with Crippen LogP contribution in [0.4, 0.5) is 0 Å². The predicted octanol–water partition coefficient (Wildman–Crippen LogP) is 2.70. The first-order valence-electron chi connectivity index (χ1n) is 7.88. The van der Waals surface area contributed by atoms with Gasteiger partial charge in [-0.3, -0.25) is 4.79 Å². The van der Waals surface area contributed by atoms with Crippen LogP contribution in [0.3, 0.4) is 0 Å². The number of carbonyl (C=O) groups excluding carboxylic acids is 1. The van der Waals surface area contributed by atoms with Crippen LogP contribution < -0.4 is 4.74 Å². The van der Waals surface area contributed by atoms with Gasteiger partial charge in [-0.05, 0) is 63.3 Å². The highest BCUT2D eigenvalue weighted by Gasteiger charge is 2.38. The summed E-state index contributed by atoms with van der Waals surface area (Å²) in [5.41, 5.74) is 0.515. The maximum atomic E-state index is 12.6. The largest absolute Gasteiger partial charge is 0.490 e. The standard InChI is InChI=1S/C17H21NO4/c1-11(17(20)21)18(13-7-8-13)16(19)12-5-9-15(10-6-12)22-14-3-2-4-14/h5-6,9-11,13-14H,2-4,7-8H2,1H3,(H,20,21). The number of hydrogen-bond acceptors (Lipinski definition) is 3. The molecule has 2 aliphatic carbocycles. The van der Waals surface area contributed by atoms with E-state index in [1.807, 2.05) is 0 Å². The van der Waals surface area contributed by atoms with Gasteiger partial charge in [0.2, 0.25) is 0 Å². The number of benzene rings is 1. The van der Waals surface area contributed by atoms with E-state index in [2.05, 4.69) is 0 Å². The van der Waals surface area contributed by atoms with Crippen LogP contribution in [0, 0.1) is 0 Å². The van der Waals surface area contributed by atoms with E-state index in [9.17, 15) is 14.7 Å². The lowest BCUT2D eigenvalue weighted by molar-refractivity contribution is -0.141. The van der Waals surface area contributed by atoms with Crippen molar-refractivity contribution < 1.29 is 19.4 Å². The Morgan fingerprint density at radius 2 is 1.82 bits per heavy atom. The second kappa shape index (κ2) is 5.99. The van der Waals surface area contributed by atoms with Gasteiger partial charge < -0.3 is 14.7 Å². The van der Waals surface area contributed by atoms with Crippen LogP contribution in [-0.4, -0.2) is 40.1 Å². The zero-order chi connectivity index (χ0) is 15.7. The predicted molar refractivity (Wildman–Crippen MR) is 81.0 cm³/mol. The van der Waals surface area contributed by atoms with Crippen LogP contribution in [0.2, 0.25) is 0 Å². The minimum Gasteiger partial charge on any atom is -0.490 e. The number of amides is 1. The summed E-state index contributed by atoms with van der Waals surface area (Å²) in [5.74, 6) is -0.414. The summed E-state index contributed by atoms with van der Waals surface area (Å²) in [7, 11) is 0. The number of ether oxygens (including phenoxy) is 1. The van der Waals surface area contributed by atoms with Crippen molar-refractivity contribution >= 4 is 11.9 Å². The highest BCUT2D eigenvalue weighted by Crippen LogP contribution is 2.31. The maximum absolute atomic E-state index is 12.6. The third kappa shape index (κ3) is 3.08. The third-order valence-electron chi connectivity index (χ3n) is 4.41. The van der Waals surface area contributed by atoms with E-state index < -0.39 is 12.0 Å². The normalized spacial score (nSPS) is 19.1. The summed E-state index contributed by atoms with van der Waals surface area (Å²) in [6.07, 6.45) is 5.46. The number of aliphatic carboxylic acids is 1. The fourth-order valence-corrected chi connectivity index (χ4v) is 2.64. The van der Waals surface area contributed by atoms with Crippen LogP contribution in [0.15, 0.2) is 24.3 Å². The van der Waals surface area contributed by atoms with Crippen molar-refractivity contribution in [1.29, 1.82) is 0 Å². The van der Waals surface area contributed by atoms with E-state index in [0.29, 0.717) is 11.7 Å². The Labute approximate surface area is 129 Å². The Balaban J connectivity index is 1.70. The fourth-order valence-electron chi connectivity index (χ4n) is 2.64. The number of carboxylic acid groups (broad SMARTS) is 1. The molecule has 0 aromatic heterocycles. The summed E-state index contributed by atoms with van der Waals surface area (Å²) in [5, 5.41) is 9.19. The molecule has 2 saturated carbocycles. The molecule has 1 amide bonds. The van der Waals surface area contributed by atoms with Crippen LogP contribution in [0.5, 0.6) is 5.75 Å². The monoisotopic (exact) mass is 303 g/mol. The summed E-state index contributed by atoms with van der Waals surface area (Å²) >= 11 is 0. The number of rotatable bonds is 6. The molecular weight excluding hydrogens is 282 g/mol. The molecule has 0 spiro atoms. The zero-order valence-electron chi connectivity index (χ0n) is 12.7. The summed E-state index contributed by atoms with van der Waals surface area (Å²) in [6, 6.07) is 6.29. The van der Waals surface area contributed by atoms with Gasteiger partial charge in [0.1, 0.15) is 11.8 Å². The molecule has 0 bridgehead atoms.